The van der Waals surface area contributed by atoms with Crippen LogP contribution in [0.1, 0.15) is 63.5 Å². The summed E-state index contributed by atoms with van der Waals surface area (Å²) >= 11 is 3.29. The highest BCUT2D eigenvalue weighted by Gasteiger charge is 2.45. The maximum Gasteiger partial charge on any atom is 0.416 e. The number of carbonyl (C=O) groups is 2. The van der Waals surface area contributed by atoms with Crippen LogP contribution in [0.3, 0.4) is 0 Å². The molecule has 6 rings (SSSR count). The highest BCUT2D eigenvalue weighted by atomic mass is 35.5. The zero-order valence-electron chi connectivity index (χ0n) is 30.9. The molecule has 2 aromatic carbocycles. The molecule has 2 aromatic rings. The van der Waals surface area contributed by atoms with Crippen molar-refractivity contribution in [3.63, 3.8) is 0 Å². The number of benzene rings is 2. The lowest BCUT2D eigenvalue weighted by atomic mass is 10.1. The molecule has 55 heavy (non-hydrogen) atoms. The van der Waals surface area contributed by atoms with Crippen molar-refractivity contribution < 1.29 is 41.4 Å². The van der Waals surface area contributed by atoms with Gasteiger partial charge in [0.25, 0.3) is 0 Å². The SMILES string of the molecule is CCCCC1(N2CCN(c3cccc(C(F)(F)F)c3)CC2)NC(=O)CS1.CCCCC1(N2CCN(c3cccc(C(F)(F)F)c3)CC2)NC(=O)CS1.Cl.Cl.O. The highest BCUT2D eigenvalue weighted by Crippen LogP contribution is 2.39. The first-order valence-electron chi connectivity index (χ1n) is 17.9. The van der Waals surface area contributed by atoms with E-state index < -0.39 is 23.5 Å². The number of nitrogens with zero attached hydrogens (tertiary/aromatic N) is 4. The van der Waals surface area contributed by atoms with Crippen molar-refractivity contribution >= 4 is 71.5 Å². The fraction of sp³-hybridized carbons (Fsp3) is 0.611. The zero-order valence-corrected chi connectivity index (χ0v) is 34.2. The van der Waals surface area contributed by atoms with Crippen molar-refractivity contribution in [2.75, 3.05) is 73.7 Å². The molecule has 2 amide bonds. The van der Waals surface area contributed by atoms with Crippen LogP contribution in [0, 0.1) is 0 Å². The molecule has 9 nitrogen and oxygen atoms in total. The first kappa shape index (κ1) is 48.9. The number of piperazine rings is 2. The maximum absolute atomic E-state index is 12.9. The first-order valence-corrected chi connectivity index (χ1v) is 19.9. The minimum Gasteiger partial charge on any atom is -0.412 e. The Bertz CT molecular complexity index is 1420. The number of rotatable bonds is 10. The first-order chi connectivity index (χ1) is 24.7. The summed E-state index contributed by atoms with van der Waals surface area (Å²) in [5.41, 5.74) is -0.0266. The molecule has 0 aromatic heterocycles. The Morgan fingerprint density at radius 1 is 0.618 bits per heavy atom. The van der Waals surface area contributed by atoms with Crippen LogP contribution in [0.15, 0.2) is 48.5 Å². The van der Waals surface area contributed by atoms with Gasteiger partial charge in [0.1, 0.15) is 9.99 Å². The van der Waals surface area contributed by atoms with Crippen LogP contribution in [-0.2, 0) is 21.9 Å². The fourth-order valence-electron chi connectivity index (χ4n) is 7.12. The van der Waals surface area contributed by atoms with Gasteiger partial charge in [-0.2, -0.15) is 26.3 Å². The van der Waals surface area contributed by atoms with Gasteiger partial charge in [-0.05, 0) is 62.1 Å². The molecular formula is C36H52Cl2F6N6O3S2. The molecule has 4 aliphatic rings. The van der Waals surface area contributed by atoms with Crippen LogP contribution in [0.25, 0.3) is 0 Å². The van der Waals surface area contributed by atoms with Gasteiger partial charge < -0.3 is 25.9 Å². The number of nitrogens with one attached hydrogen (secondary N) is 2. The summed E-state index contributed by atoms with van der Waals surface area (Å²) in [5, 5.41) is 6.28. The summed E-state index contributed by atoms with van der Waals surface area (Å²) in [6, 6.07) is 11.0. The predicted octanol–water partition coefficient (Wildman–Crippen LogP) is 7.09. The molecule has 312 valence electrons. The predicted molar refractivity (Wildman–Crippen MR) is 214 cm³/mol. The zero-order chi connectivity index (χ0) is 37.6. The van der Waals surface area contributed by atoms with Crippen LogP contribution in [0.5, 0.6) is 0 Å². The van der Waals surface area contributed by atoms with Gasteiger partial charge in [0, 0.05) is 63.7 Å². The molecule has 0 saturated carbocycles. The average molecular weight is 866 g/mol. The van der Waals surface area contributed by atoms with E-state index in [1.54, 1.807) is 35.7 Å². The Labute approximate surface area is 340 Å². The summed E-state index contributed by atoms with van der Waals surface area (Å²) in [4.78, 5) is 31.4. The quantitative estimate of drug-likeness (QED) is 0.245. The Morgan fingerprint density at radius 3 is 1.24 bits per heavy atom. The van der Waals surface area contributed by atoms with Gasteiger partial charge in [-0.3, -0.25) is 19.4 Å². The van der Waals surface area contributed by atoms with Crippen LogP contribution in [0.2, 0.25) is 0 Å². The van der Waals surface area contributed by atoms with Crippen molar-refractivity contribution in [1.82, 2.24) is 20.4 Å². The molecule has 2 unspecified atom stereocenters. The van der Waals surface area contributed by atoms with E-state index in [2.05, 4.69) is 34.3 Å². The normalized spacial score (nSPS) is 23.4. The molecule has 19 heteroatoms. The average Bonchev–Trinajstić information content (AvgIpc) is 3.72. The standard InChI is InChI=1S/2C18H24F3N3OS.2ClH.H2O/c2*1-2-3-7-17(22-16(25)13-26-17)24-10-8-23(9-11-24)15-6-4-5-14(12-15)18(19,20)21;;;/h2*4-6,12H,2-3,7-11,13H2,1H3,(H,22,25);2*1H;1H2. The number of anilines is 2. The van der Waals surface area contributed by atoms with Gasteiger partial charge in [0.2, 0.25) is 11.8 Å². The summed E-state index contributed by atoms with van der Waals surface area (Å²) in [6.07, 6.45) is -2.69. The van der Waals surface area contributed by atoms with E-state index in [9.17, 15) is 35.9 Å². The second-order valence-electron chi connectivity index (χ2n) is 13.5. The van der Waals surface area contributed by atoms with E-state index in [1.807, 2.05) is 9.80 Å². The van der Waals surface area contributed by atoms with E-state index in [0.29, 0.717) is 75.2 Å². The van der Waals surface area contributed by atoms with Crippen LogP contribution >= 0.6 is 48.3 Å². The van der Waals surface area contributed by atoms with Crippen molar-refractivity contribution in [3.8, 4) is 0 Å². The largest absolute Gasteiger partial charge is 0.416 e. The Morgan fingerprint density at radius 2 is 0.964 bits per heavy atom. The van der Waals surface area contributed by atoms with Gasteiger partial charge in [-0.25, -0.2) is 0 Å². The molecule has 4 aliphatic heterocycles. The van der Waals surface area contributed by atoms with E-state index in [-0.39, 0.29) is 52.1 Å². The van der Waals surface area contributed by atoms with Crippen molar-refractivity contribution in [1.29, 1.82) is 0 Å². The third-order valence-electron chi connectivity index (χ3n) is 9.95. The molecule has 4 N–H and O–H groups in total. The van der Waals surface area contributed by atoms with Crippen molar-refractivity contribution in [2.24, 2.45) is 0 Å². The molecule has 0 spiro atoms. The van der Waals surface area contributed by atoms with Crippen molar-refractivity contribution in [3.05, 3.63) is 59.7 Å². The Kier molecular flexibility index (Phi) is 18.6. The number of hydrogen-bond acceptors (Lipinski definition) is 8. The number of carbonyl (C=O) groups excluding carboxylic acids is 2. The number of thioether (sulfide) groups is 2. The lowest BCUT2D eigenvalue weighted by molar-refractivity contribution is -0.138. The van der Waals surface area contributed by atoms with E-state index in [4.69, 9.17) is 0 Å². The second kappa shape index (κ2) is 20.9. The third kappa shape index (κ3) is 12.4. The molecule has 4 saturated heterocycles. The second-order valence-corrected chi connectivity index (χ2v) is 16.0. The van der Waals surface area contributed by atoms with Gasteiger partial charge in [-0.15, -0.1) is 48.3 Å². The molecular weight excluding hydrogens is 813 g/mol. The smallest absolute Gasteiger partial charge is 0.412 e. The van der Waals surface area contributed by atoms with Crippen LogP contribution in [-0.4, -0.2) is 101 Å². The topological polar surface area (TPSA) is 103 Å². The molecule has 4 fully saturated rings. The monoisotopic (exact) mass is 864 g/mol. The van der Waals surface area contributed by atoms with Crippen molar-refractivity contribution in [2.45, 2.75) is 74.7 Å². The van der Waals surface area contributed by atoms with Crippen LogP contribution in [0.4, 0.5) is 37.7 Å². The van der Waals surface area contributed by atoms with E-state index in [0.717, 1.165) is 50.7 Å². The lowest BCUT2D eigenvalue weighted by Gasteiger charge is -2.45. The van der Waals surface area contributed by atoms with Crippen LogP contribution < -0.4 is 20.4 Å². The van der Waals surface area contributed by atoms with Gasteiger partial charge >= 0.3 is 12.4 Å². The summed E-state index contributed by atoms with van der Waals surface area (Å²) < 4.78 is 77.6. The fourth-order valence-corrected chi connectivity index (χ4v) is 9.68. The van der Waals surface area contributed by atoms with Gasteiger partial charge in [0.05, 0.1) is 22.6 Å². The molecule has 0 radical (unpaired) electrons. The van der Waals surface area contributed by atoms with E-state index in [1.165, 1.54) is 24.3 Å². The Hall–Kier alpha value is -2.28. The third-order valence-corrected chi connectivity index (χ3v) is 12.8. The highest BCUT2D eigenvalue weighted by molar-refractivity contribution is 8.01. The van der Waals surface area contributed by atoms with Gasteiger partial charge in [-0.1, -0.05) is 38.8 Å². The number of amides is 2. The number of alkyl halides is 6. The molecule has 0 bridgehead atoms. The molecule has 4 heterocycles. The van der Waals surface area contributed by atoms with Gasteiger partial charge in [0.15, 0.2) is 0 Å². The van der Waals surface area contributed by atoms with E-state index >= 15 is 0 Å². The number of halogens is 8. The summed E-state index contributed by atoms with van der Waals surface area (Å²) in [7, 11) is 0. The maximum atomic E-state index is 12.9. The minimum absolute atomic E-state index is 0. The summed E-state index contributed by atoms with van der Waals surface area (Å²) in [6.45, 7) is 9.69. The number of unbranched alkanes of at least 4 members (excludes halogenated alkanes) is 2. The number of hydrogen-bond donors (Lipinski definition) is 2. The minimum atomic E-state index is -4.33. The molecule has 2 atom stereocenters. The molecule has 0 aliphatic carbocycles. The summed E-state index contributed by atoms with van der Waals surface area (Å²) in [5.74, 6) is 1.06. The lowest BCUT2D eigenvalue weighted by Crippen LogP contribution is -2.60. The Balaban J connectivity index is 0.000000360.